The van der Waals surface area contributed by atoms with Crippen molar-refractivity contribution in [3.05, 3.63) is 29.3 Å². The minimum Gasteiger partial charge on any atom is -0.410 e. The molecule has 3 heteroatoms. The minimum atomic E-state index is -0.331. The summed E-state index contributed by atoms with van der Waals surface area (Å²) < 4.78 is 5.62. The van der Waals surface area contributed by atoms with E-state index in [-0.39, 0.29) is 11.5 Å². The van der Waals surface area contributed by atoms with E-state index in [1.807, 2.05) is 12.1 Å². The Morgan fingerprint density at radius 2 is 1.92 bits per heavy atom. The Labute approximate surface area is 147 Å². The second-order valence-corrected chi connectivity index (χ2v) is 8.35. The Kier molecular flexibility index (Phi) is 5.95. The smallest absolute Gasteiger partial charge is 0.410 e. The van der Waals surface area contributed by atoms with E-state index in [1.165, 1.54) is 24.8 Å². The number of amides is 1. The standard InChI is InChI=1S/C21H33NO2/c1-6-16-10-8-11-18(17(16)7-2)24-19(23)22-15-21(5)13-9-12-20(3,4)14-21/h8,10-11H,6-7,9,12-15H2,1-5H3,(H,22,23). The van der Waals surface area contributed by atoms with Gasteiger partial charge in [-0.1, -0.05) is 53.2 Å². The van der Waals surface area contributed by atoms with E-state index < -0.39 is 0 Å². The van der Waals surface area contributed by atoms with Crippen molar-refractivity contribution in [2.75, 3.05) is 6.54 Å². The summed E-state index contributed by atoms with van der Waals surface area (Å²) in [6, 6.07) is 5.96. The molecular weight excluding hydrogens is 298 g/mol. The largest absolute Gasteiger partial charge is 0.412 e. The summed E-state index contributed by atoms with van der Waals surface area (Å²) in [5.41, 5.74) is 2.92. The number of rotatable bonds is 5. The van der Waals surface area contributed by atoms with E-state index in [4.69, 9.17) is 4.74 Å². The lowest BCUT2D eigenvalue weighted by Crippen LogP contribution is -2.41. The molecule has 1 aliphatic carbocycles. The quantitative estimate of drug-likeness (QED) is 0.773. The van der Waals surface area contributed by atoms with Crippen LogP contribution in [0.5, 0.6) is 5.75 Å². The summed E-state index contributed by atoms with van der Waals surface area (Å²) in [7, 11) is 0. The Hall–Kier alpha value is -1.51. The zero-order valence-electron chi connectivity index (χ0n) is 16.0. The fourth-order valence-electron chi connectivity index (χ4n) is 4.34. The van der Waals surface area contributed by atoms with Gasteiger partial charge in [-0.3, -0.25) is 0 Å². The van der Waals surface area contributed by atoms with Gasteiger partial charge in [-0.15, -0.1) is 0 Å². The number of carbonyl (C=O) groups is 1. The molecule has 134 valence electrons. The summed E-state index contributed by atoms with van der Waals surface area (Å²) in [6.07, 6.45) is 6.32. The number of carbonyl (C=O) groups excluding carboxylic acids is 1. The van der Waals surface area contributed by atoms with Crippen LogP contribution in [0.2, 0.25) is 0 Å². The van der Waals surface area contributed by atoms with E-state index in [9.17, 15) is 4.79 Å². The lowest BCUT2D eigenvalue weighted by molar-refractivity contribution is 0.0969. The van der Waals surface area contributed by atoms with Crippen LogP contribution in [0.1, 0.15) is 71.4 Å². The molecule has 1 N–H and O–H groups in total. The van der Waals surface area contributed by atoms with Gasteiger partial charge in [-0.25, -0.2) is 4.79 Å². The summed E-state index contributed by atoms with van der Waals surface area (Å²) in [5.74, 6) is 0.698. The van der Waals surface area contributed by atoms with Gasteiger partial charge >= 0.3 is 6.09 Å². The normalized spacial score (nSPS) is 22.9. The molecule has 1 fully saturated rings. The van der Waals surface area contributed by atoms with Gasteiger partial charge in [-0.05, 0) is 60.1 Å². The molecule has 0 radical (unpaired) electrons. The van der Waals surface area contributed by atoms with Crippen molar-refractivity contribution in [3.63, 3.8) is 0 Å². The van der Waals surface area contributed by atoms with Crippen LogP contribution in [0.4, 0.5) is 4.79 Å². The first-order valence-corrected chi connectivity index (χ1v) is 9.35. The Balaban J connectivity index is 1.97. The Bertz CT molecular complexity index is 579. The lowest BCUT2D eigenvalue weighted by Gasteiger charge is -2.42. The van der Waals surface area contributed by atoms with Gasteiger partial charge in [0.1, 0.15) is 5.75 Å². The molecule has 1 aromatic rings. The van der Waals surface area contributed by atoms with Gasteiger partial charge in [0.05, 0.1) is 0 Å². The minimum absolute atomic E-state index is 0.166. The molecule has 0 heterocycles. The molecule has 2 rings (SSSR count). The number of aryl methyl sites for hydroxylation is 1. The molecular formula is C21H33NO2. The van der Waals surface area contributed by atoms with E-state index in [2.05, 4.69) is 46.0 Å². The average molecular weight is 332 g/mol. The molecule has 24 heavy (non-hydrogen) atoms. The molecule has 1 saturated carbocycles. The van der Waals surface area contributed by atoms with Crippen molar-refractivity contribution in [1.29, 1.82) is 0 Å². The third-order valence-electron chi connectivity index (χ3n) is 5.37. The van der Waals surface area contributed by atoms with Crippen LogP contribution in [-0.2, 0) is 12.8 Å². The number of ether oxygens (including phenoxy) is 1. The molecule has 0 aliphatic heterocycles. The van der Waals surface area contributed by atoms with Crippen LogP contribution in [0.25, 0.3) is 0 Å². The van der Waals surface area contributed by atoms with Gasteiger partial charge in [0.2, 0.25) is 0 Å². The summed E-state index contributed by atoms with van der Waals surface area (Å²) in [6.45, 7) is 11.8. The zero-order chi connectivity index (χ0) is 17.8. The van der Waals surface area contributed by atoms with Gasteiger partial charge < -0.3 is 10.1 Å². The van der Waals surface area contributed by atoms with E-state index >= 15 is 0 Å². The van der Waals surface area contributed by atoms with Crippen molar-refractivity contribution < 1.29 is 9.53 Å². The van der Waals surface area contributed by atoms with Gasteiger partial charge in [0.15, 0.2) is 0 Å². The third-order valence-corrected chi connectivity index (χ3v) is 5.37. The van der Waals surface area contributed by atoms with Crippen LogP contribution >= 0.6 is 0 Å². The number of nitrogens with one attached hydrogen (secondary N) is 1. The van der Waals surface area contributed by atoms with Gasteiger partial charge in [-0.2, -0.15) is 0 Å². The Morgan fingerprint density at radius 3 is 2.54 bits per heavy atom. The second-order valence-electron chi connectivity index (χ2n) is 8.35. The maximum atomic E-state index is 12.3. The van der Waals surface area contributed by atoms with Crippen LogP contribution in [0.15, 0.2) is 18.2 Å². The van der Waals surface area contributed by atoms with Crippen molar-refractivity contribution in [2.24, 2.45) is 10.8 Å². The van der Waals surface area contributed by atoms with Gasteiger partial charge in [0, 0.05) is 6.54 Å². The van der Waals surface area contributed by atoms with Gasteiger partial charge in [0.25, 0.3) is 0 Å². The summed E-state index contributed by atoms with van der Waals surface area (Å²) >= 11 is 0. The highest BCUT2D eigenvalue weighted by atomic mass is 16.6. The summed E-state index contributed by atoms with van der Waals surface area (Å²) in [5, 5.41) is 3.01. The monoisotopic (exact) mass is 331 g/mol. The summed E-state index contributed by atoms with van der Waals surface area (Å²) in [4.78, 5) is 12.3. The number of hydrogen-bond acceptors (Lipinski definition) is 2. The first kappa shape index (κ1) is 18.8. The Morgan fingerprint density at radius 1 is 1.17 bits per heavy atom. The van der Waals surface area contributed by atoms with E-state index in [0.29, 0.717) is 17.7 Å². The molecule has 3 nitrogen and oxygen atoms in total. The molecule has 0 spiro atoms. The predicted molar refractivity (Wildman–Crippen MR) is 99.6 cm³/mol. The van der Waals surface area contributed by atoms with E-state index in [1.54, 1.807) is 0 Å². The number of benzene rings is 1. The maximum absolute atomic E-state index is 12.3. The predicted octanol–water partition coefficient (Wildman–Crippen LogP) is 5.51. The van der Waals surface area contributed by atoms with Crippen molar-refractivity contribution in [3.8, 4) is 5.75 Å². The third kappa shape index (κ3) is 4.75. The highest BCUT2D eigenvalue weighted by Crippen LogP contribution is 2.45. The topological polar surface area (TPSA) is 38.3 Å². The zero-order valence-corrected chi connectivity index (χ0v) is 16.0. The SMILES string of the molecule is CCc1cccc(OC(=O)NCC2(C)CCCC(C)(C)C2)c1CC. The molecule has 0 saturated heterocycles. The second kappa shape index (κ2) is 7.58. The molecule has 1 unspecified atom stereocenters. The molecule has 1 aromatic carbocycles. The molecule has 1 atom stereocenters. The molecule has 0 aromatic heterocycles. The average Bonchev–Trinajstić information content (AvgIpc) is 2.51. The first-order valence-electron chi connectivity index (χ1n) is 9.35. The van der Waals surface area contributed by atoms with Crippen molar-refractivity contribution in [2.45, 2.75) is 73.1 Å². The molecule has 1 amide bonds. The van der Waals surface area contributed by atoms with Crippen LogP contribution < -0.4 is 10.1 Å². The highest BCUT2D eigenvalue weighted by molar-refractivity contribution is 5.71. The van der Waals surface area contributed by atoms with Crippen LogP contribution in [0.3, 0.4) is 0 Å². The fraction of sp³-hybridized carbons (Fsp3) is 0.667. The van der Waals surface area contributed by atoms with Crippen molar-refractivity contribution >= 4 is 6.09 Å². The first-order chi connectivity index (χ1) is 11.3. The van der Waals surface area contributed by atoms with E-state index in [0.717, 1.165) is 24.8 Å². The van der Waals surface area contributed by atoms with Crippen LogP contribution in [-0.4, -0.2) is 12.6 Å². The highest BCUT2D eigenvalue weighted by Gasteiger charge is 2.36. The van der Waals surface area contributed by atoms with Crippen molar-refractivity contribution in [1.82, 2.24) is 5.32 Å². The molecule has 1 aliphatic rings. The lowest BCUT2D eigenvalue weighted by atomic mass is 9.64. The van der Waals surface area contributed by atoms with Crippen LogP contribution in [0, 0.1) is 10.8 Å². The molecule has 0 bridgehead atoms. The number of hydrogen-bond donors (Lipinski definition) is 1. The maximum Gasteiger partial charge on any atom is 0.412 e. The fourth-order valence-corrected chi connectivity index (χ4v) is 4.34.